The Morgan fingerprint density at radius 3 is 2.56 bits per heavy atom. The maximum absolute atomic E-state index is 12.2. The number of ether oxygens (including phenoxy) is 3. The summed E-state index contributed by atoms with van der Waals surface area (Å²) in [5.41, 5.74) is 1.47. The second kappa shape index (κ2) is 10.00. The second-order valence-electron chi connectivity index (χ2n) is 5.45. The summed E-state index contributed by atoms with van der Waals surface area (Å²) in [4.78, 5) is 23.3. The topological polar surface area (TPSA) is 61.8 Å². The van der Waals surface area contributed by atoms with E-state index in [1.54, 1.807) is 36.4 Å². The van der Waals surface area contributed by atoms with E-state index in [0.717, 1.165) is 5.56 Å². The molecule has 0 amide bonds. The molecule has 0 aliphatic rings. The number of esters is 2. The van der Waals surface area contributed by atoms with Gasteiger partial charge in [0.25, 0.3) is 0 Å². The lowest BCUT2D eigenvalue weighted by molar-refractivity contribution is -0.135. The number of hydrogen-bond acceptors (Lipinski definition) is 5. The number of carbonyl (C=O) groups is 2. The van der Waals surface area contributed by atoms with Crippen molar-refractivity contribution in [3.05, 3.63) is 63.6 Å². The molecule has 0 aliphatic heterocycles. The summed E-state index contributed by atoms with van der Waals surface area (Å²) in [5, 5.41) is 0.881. The fourth-order valence-electron chi connectivity index (χ4n) is 2.26. The van der Waals surface area contributed by atoms with Crippen molar-refractivity contribution in [2.24, 2.45) is 0 Å². The highest BCUT2D eigenvalue weighted by Gasteiger charge is 2.12. The van der Waals surface area contributed by atoms with E-state index in [0.29, 0.717) is 27.8 Å². The van der Waals surface area contributed by atoms with E-state index in [2.05, 4.69) is 4.74 Å². The van der Waals surface area contributed by atoms with E-state index in [1.807, 2.05) is 6.07 Å². The van der Waals surface area contributed by atoms with Crippen LogP contribution in [0.1, 0.15) is 17.5 Å². The fraction of sp³-hybridized carbons (Fsp3) is 0.200. The van der Waals surface area contributed by atoms with Gasteiger partial charge in [0.15, 0.2) is 11.5 Å². The minimum atomic E-state index is -0.468. The van der Waals surface area contributed by atoms with Crippen molar-refractivity contribution in [3.63, 3.8) is 0 Å². The van der Waals surface area contributed by atoms with Gasteiger partial charge >= 0.3 is 11.9 Å². The molecule has 0 aliphatic carbocycles. The zero-order valence-electron chi connectivity index (χ0n) is 14.8. The Morgan fingerprint density at radius 2 is 1.85 bits per heavy atom. The highest BCUT2D eigenvalue weighted by Crippen LogP contribution is 2.30. The van der Waals surface area contributed by atoms with Crippen molar-refractivity contribution >= 4 is 41.2 Å². The quantitative estimate of drug-likeness (QED) is 0.376. The van der Waals surface area contributed by atoms with Crippen LogP contribution < -0.4 is 9.47 Å². The van der Waals surface area contributed by atoms with Crippen molar-refractivity contribution < 1.29 is 23.8 Å². The first kappa shape index (κ1) is 20.8. The van der Waals surface area contributed by atoms with Crippen LogP contribution in [0.2, 0.25) is 10.0 Å². The molecule has 0 heterocycles. The van der Waals surface area contributed by atoms with Crippen molar-refractivity contribution in [3.8, 4) is 11.5 Å². The molecule has 2 aromatic carbocycles. The number of aryl methyl sites for hydroxylation is 1. The Bertz CT molecular complexity index is 861. The summed E-state index contributed by atoms with van der Waals surface area (Å²) in [6.07, 6.45) is 3.39. The lowest BCUT2D eigenvalue weighted by atomic mass is 10.1. The normalized spacial score (nSPS) is 10.7. The first-order chi connectivity index (χ1) is 12.9. The van der Waals surface area contributed by atoms with E-state index in [9.17, 15) is 9.59 Å². The largest absolute Gasteiger partial charge is 0.493 e. The van der Waals surface area contributed by atoms with Crippen LogP contribution in [0.25, 0.3) is 6.08 Å². The van der Waals surface area contributed by atoms with E-state index in [-0.39, 0.29) is 12.2 Å². The molecule has 0 bridgehead atoms. The van der Waals surface area contributed by atoms with Gasteiger partial charge in [-0.3, -0.25) is 4.79 Å². The summed E-state index contributed by atoms with van der Waals surface area (Å²) < 4.78 is 15.2. The molecule has 27 heavy (non-hydrogen) atoms. The molecule has 0 fully saturated rings. The first-order valence-corrected chi connectivity index (χ1v) is 8.77. The number of benzene rings is 2. The van der Waals surface area contributed by atoms with Gasteiger partial charge in [0.05, 0.1) is 30.7 Å². The molecule has 2 aromatic rings. The van der Waals surface area contributed by atoms with Crippen LogP contribution in [-0.4, -0.2) is 26.2 Å². The fourth-order valence-corrected chi connectivity index (χ4v) is 2.67. The lowest BCUT2D eigenvalue weighted by Crippen LogP contribution is -2.10. The lowest BCUT2D eigenvalue weighted by Gasteiger charge is -2.10. The summed E-state index contributed by atoms with van der Waals surface area (Å²) in [7, 11) is 2.76. The average Bonchev–Trinajstić information content (AvgIpc) is 2.67. The standard InChI is InChI=1S/C20H18Cl2O5/c1-25-17-12-13(7-10-18(23)26-2)6-9-16(17)27-19(24)11-8-14-4-3-5-15(21)20(14)22/h3-7,9-10,12H,8,11H2,1-2H3/b10-7+. The van der Waals surface area contributed by atoms with Gasteiger partial charge in [0.2, 0.25) is 0 Å². The van der Waals surface area contributed by atoms with Gasteiger partial charge in [-0.1, -0.05) is 41.4 Å². The highest BCUT2D eigenvalue weighted by molar-refractivity contribution is 6.42. The molecule has 0 N–H and O–H groups in total. The van der Waals surface area contributed by atoms with Gasteiger partial charge in [-0.2, -0.15) is 0 Å². The monoisotopic (exact) mass is 408 g/mol. The van der Waals surface area contributed by atoms with E-state index in [4.69, 9.17) is 32.7 Å². The molecule has 0 atom stereocenters. The summed E-state index contributed by atoms with van der Waals surface area (Å²) >= 11 is 12.1. The predicted octanol–water partition coefficient (Wildman–Crippen LogP) is 4.73. The SMILES string of the molecule is COC(=O)/C=C/c1ccc(OC(=O)CCc2cccc(Cl)c2Cl)c(OC)c1. The Morgan fingerprint density at radius 1 is 1.07 bits per heavy atom. The number of carbonyl (C=O) groups excluding carboxylic acids is 2. The number of hydrogen-bond donors (Lipinski definition) is 0. The van der Waals surface area contributed by atoms with Crippen LogP contribution in [0, 0.1) is 0 Å². The maximum Gasteiger partial charge on any atom is 0.330 e. The molecule has 5 nitrogen and oxygen atoms in total. The molecule has 0 spiro atoms. The van der Waals surface area contributed by atoms with Crippen molar-refractivity contribution in [1.29, 1.82) is 0 Å². The van der Waals surface area contributed by atoms with E-state index in [1.165, 1.54) is 20.3 Å². The molecule has 7 heteroatoms. The number of methoxy groups -OCH3 is 2. The van der Waals surface area contributed by atoms with Crippen LogP contribution in [-0.2, 0) is 20.7 Å². The number of rotatable bonds is 7. The molecule has 0 saturated heterocycles. The average molecular weight is 409 g/mol. The Balaban J connectivity index is 2.03. The Kier molecular flexibility index (Phi) is 7.70. The van der Waals surface area contributed by atoms with Crippen LogP contribution in [0.3, 0.4) is 0 Å². The molecule has 0 radical (unpaired) electrons. The molecule has 0 unspecified atom stereocenters. The minimum Gasteiger partial charge on any atom is -0.493 e. The van der Waals surface area contributed by atoms with Crippen molar-refractivity contribution in [2.75, 3.05) is 14.2 Å². The molecular weight excluding hydrogens is 391 g/mol. The zero-order chi connectivity index (χ0) is 19.8. The third kappa shape index (κ3) is 6.01. The molecule has 2 rings (SSSR count). The van der Waals surface area contributed by atoms with Gasteiger partial charge < -0.3 is 14.2 Å². The van der Waals surface area contributed by atoms with Gasteiger partial charge in [-0.15, -0.1) is 0 Å². The van der Waals surface area contributed by atoms with E-state index >= 15 is 0 Å². The summed E-state index contributed by atoms with van der Waals surface area (Å²) in [6.45, 7) is 0. The van der Waals surface area contributed by atoms with Crippen LogP contribution >= 0.6 is 23.2 Å². The maximum atomic E-state index is 12.2. The Hall–Kier alpha value is -2.50. The third-order valence-electron chi connectivity index (χ3n) is 3.65. The molecule has 142 valence electrons. The molecule has 0 aromatic heterocycles. The van der Waals surface area contributed by atoms with Crippen LogP contribution in [0.4, 0.5) is 0 Å². The van der Waals surface area contributed by atoms with E-state index < -0.39 is 11.9 Å². The van der Waals surface area contributed by atoms with Gasteiger partial charge in [0.1, 0.15) is 0 Å². The smallest absolute Gasteiger partial charge is 0.330 e. The van der Waals surface area contributed by atoms with Crippen molar-refractivity contribution in [1.82, 2.24) is 0 Å². The predicted molar refractivity (Wildman–Crippen MR) is 104 cm³/mol. The molecular formula is C20H18Cl2O5. The summed E-state index contributed by atoms with van der Waals surface area (Å²) in [5.74, 6) is -0.239. The van der Waals surface area contributed by atoms with Gasteiger partial charge in [0, 0.05) is 6.08 Å². The second-order valence-corrected chi connectivity index (χ2v) is 6.24. The highest BCUT2D eigenvalue weighted by atomic mass is 35.5. The van der Waals surface area contributed by atoms with Crippen LogP contribution in [0.15, 0.2) is 42.5 Å². The van der Waals surface area contributed by atoms with Gasteiger partial charge in [-0.05, 0) is 41.8 Å². The summed E-state index contributed by atoms with van der Waals surface area (Å²) in [6, 6.07) is 10.2. The third-order valence-corrected chi connectivity index (χ3v) is 4.51. The molecule has 0 saturated carbocycles. The van der Waals surface area contributed by atoms with Crippen LogP contribution in [0.5, 0.6) is 11.5 Å². The number of halogens is 2. The first-order valence-electron chi connectivity index (χ1n) is 8.02. The zero-order valence-corrected chi connectivity index (χ0v) is 16.3. The Labute approximate surface area is 167 Å². The van der Waals surface area contributed by atoms with Crippen molar-refractivity contribution in [2.45, 2.75) is 12.8 Å². The van der Waals surface area contributed by atoms with Gasteiger partial charge in [-0.25, -0.2) is 4.79 Å². The minimum absolute atomic E-state index is 0.132.